The van der Waals surface area contributed by atoms with Crippen LogP contribution in [-0.2, 0) is 7.05 Å². The maximum Gasteiger partial charge on any atom is 0.189 e. The highest BCUT2D eigenvalue weighted by Gasteiger charge is 2.51. The Morgan fingerprint density at radius 2 is 1.32 bits per heavy atom. The summed E-state index contributed by atoms with van der Waals surface area (Å²) in [5.74, 6) is 2.87. The smallest absolute Gasteiger partial charge is 0.189 e. The largest absolute Gasteiger partial charge is 0.457 e. The molecule has 0 saturated heterocycles. The lowest BCUT2D eigenvalue weighted by Gasteiger charge is -2.41. The number of rotatable bonds is 6. The predicted molar refractivity (Wildman–Crippen MR) is 231 cm³/mol. The van der Waals surface area contributed by atoms with Gasteiger partial charge in [0.05, 0.1) is 22.1 Å². The van der Waals surface area contributed by atoms with E-state index in [4.69, 9.17) is 14.7 Å². The molecule has 0 fully saturated rings. The Morgan fingerprint density at radius 3 is 2.07 bits per heavy atom. The Bertz CT molecular complexity index is 3100. The van der Waals surface area contributed by atoms with Crippen molar-refractivity contribution in [1.82, 2.24) is 19.1 Å². The first-order valence-electron chi connectivity index (χ1n) is 19.2. The van der Waals surface area contributed by atoms with Gasteiger partial charge in [-0.1, -0.05) is 133 Å². The molecule has 0 aliphatic carbocycles. The number of fused-ring (bicyclic) bond motifs is 7. The van der Waals surface area contributed by atoms with Crippen LogP contribution in [0, 0.1) is 0 Å². The number of imidazole rings is 1. The van der Waals surface area contributed by atoms with Crippen LogP contribution in [-0.4, -0.2) is 27.2 Å². The molecule has 57 heavy (non-hydrogen) atoms. The summed E-state index contributed by atoms with van der Waals surface area (Å²) in [7, 11) is -1.24. The van der Waals surface area contributed by atoms with E-state index in [-0.39, 0.29) is 0 Å². The fourth-order valence-electron chi connectivity index (χ4n) is 9.19. The highest BCUT2D eigenvalue weighted by molar-refractivity contribution is 7.21. The number of alkyl halides is 1. The molecule has 1 aliphatic heterocycles. The number of para-hydroxylation sites is 4. The van der Waals surface area contributed by atoms with Gasteiger partial charge in [-0.25, -0.2) is 14.4 Å². The van der Waals surface area contributed by atoms with Crippen molar-refractivity contribution in [3.8, 4) is 28.7 Å². The molecule has 272 valence electrons. The van der Waals surface area contributed by atoms with E-state index in [9.17, 15) is 0 Å². The van der Waals surface area contributed by atoms with E-state index < -0.39 is 14.2 Å². The van der Waals surface area contributed by atoms with Gasteiger partial charge in [0.1, 0.15) is 23.1 Å². The standard InChI is InChI=1S/C50H35FN4OSi/c1-54-41-26-11-9-24-39(41)53-50(54)34-18-16-17-33(31-34)47(51)38-32-42-46(37-23-8-10-25-40(37)55(42)45-29-14-15-30-52-45)49-48(38)56-43-27-12-13-28-44(43)57(49,35-19-4-2-5-20-35)36-21-6-3-7-22-36/h2-32,47H,1H3. The zero-order chi connectivity index (χ0) is 38.1. The summed E-state index contributed by atoms with van der Waals surface area (Å²) in [5.41, 5.74) is 5.63. The van der Waals surface area contributed by atoms with Crippen LogP contribution in [0.4, 0.5) is 4.39 Å². The molecular weight excluding hydrogens is 720 g/mol. The number of pyridine rings is 1. The van der Waals surface area contributed by atoms with E-state index in [1.807, 2.05) is 92.1 Å². The van der Waals surface area contributed by atoms with E-state index in [0.717, 1.165) is 66.2 Å². The van der Waals surface area contributed by atoms with E-state index in [1.165, 1.54) is 10.4 Å². The van der Waals surface area contributed by atoms with Crippen molar-refractivity contribution in [3.05, 3.63) is 199 Å². The summed E-state index contributed by atoms with van der Waals surface area (Å²) in [4.78, 5) is 9.82. The summed E-state index contributed by atoms with van der Waals surface area (Å²) >= 11 is 0. The number of hydrogen-bond acceptors (Lipinski definition) is 3. The third-order valence-electron chi connectivity index (χ3n) is 11.6. The lowest BCUT2D eigenvalue weighted by molar-refractivity contribution is 0.384. The van der Waals surface area contributed by atoms with Crippen molar-refractivity contribution in [2.24, 2.45) is 7.05 Å². The molecule has 0 spiro atoms. The third-order valence-corrected chi connectivity index (χ3v) is 16.5. The number of nitrogens with zero attached hydrogens (tertiary/aromatic N) is 4. The Kier molecular flexibility index (Phi) is 7.59. The first-order chi connectivity index (χ1) is 28.1. The second-order valence-corrected chi connectivity index (χ2v) is 18.3. The minimum absolute atomic E-state index is 0.470. The molecule has 0 amide bonds. The number of aryl methyl sites for hydroxylation is 1. The number of aromatic nitrogens is 4. The van der Waals surface area contributed by atoms with Crippen LogP contribution in [0.5, 0.6) is 11.5 Å². The quantitative estimate of drug-likeness (QED) is 0.159. The van der Waals surface area contributed by atoms with Crippen LogP contribution in [0.3, 0.4) is 0 Å². The molecule has 7 aromatic carbocycles. The molecule has 0 N–H and O–H groups in total. The highest BCUT2D eigenvalue weighted by atomic mass is 28.3. The minimum atomic E-state index is -3.25. The van der Waals surface area contributed by atoms with Gasteiger partial charge in [-0.3, -0.25) is 4.57 Å². The molecule has 4 heterocycles. The SMILES string of the molecule is Cn1c(-c2cccc(C(F)c3cc4c(c5c3Oc3ccccc3[Si]5(c3ccccc3)c3ccccc3)c3ccccc3n4-c3ccccn3)c2)nc2ccccc21. The third kappa shape index (κ3) is 4.92. The molecular formula is C50H35FN4OSi. The number of hydrogen-bond donors (Lipinski definition) is 0. The van der Waals surface area contributed by atoms with Crippen molar-refractivity contribution < 1.29 is 9.13 Å². The Labute approximate surface area is 329 Å². The molecule has 0 radical (unpaired) electrons. The van der Waals surface area contributed by atoms with Gasteiger partial charge in [-0.15, -0.1) is 0 Å². The lowest BCUT2D eigenvalue weighted by atomic mass is 9.98. The first-order valence-corrected chi connectivity index (χ1v) is 21.2. The predicted octanol–water partition coefficient (Wildman–Crippen LogP) is 9.27. The summed E-state index contributed by atoms with van der Waals surface area (Å²) in [6.07, 6.45) is 0.267. The summed E-state index contributed by atoms with van der Waals surface area (Å²) < 4.78 is 29.7. The number of halogens is 1. The van der Waals surface area contributed by atoms with Crippen molar-refractivity contribution in [3.63, 3.8) is 0 Å². The van der Waals surface area contributed by atoms with E-state index in [1.54, 1.807) is 0 Å². The summed E-state index contributed by atoms with van der Waals surface area (Å²) in [6.45, 7) is 0. The zero-order valence-electron chi connectivity index (χ0n) is 31.1. The van der Waals surface area contributed by atoms with E-state index in [0.29, 0.717) is 16.9 Å². The topological polar surface area (TPSA) is 44.9 Å². The van der Waals surface area contributed by atoms with E-state index in [2.05, 4.69) is 112 Å². The van der Waals surface area contributed by atoms with Crippen LogP contribution in [0.2, 0.25) is 0 Å². The molecule has 0 bridgehead atoms. The molecule has 1 aliphatic rings. The minimum Gasteiger partial charge on any atom is -0.457 e. The van der Waals surface area contributed by atoms with Gasteiger partial charge in [-0.2, -0.15) is 0 Å². The van der Waals surface area contributed by atoms with Crippen LogP contribution < -0.4 is 25.5 Å². The second-order valence-electron chi connectivity index (χ2n) is 14.7. The Morgan fingerprint density at radius 1 is 0.632 bits per heavy atom. The zero-order valence-corrected chi connectivity index (χ0v) is 32.1. The Hall–Kier alpha value is -7.09. The van der Waals surface area contributed by atoms with Gasteiger partial charge in [0.15, 0.2) is 14.2 Å². The average molecular weight is 755 g/mol. The lowest BCUT2D eigenvalue weighted by Crippen LogP contribution is -2.76. The van der Waals surface area contributed by atoms with Crippen molar-refractivity contribution in [2.75, 3.05) is 0 Å². The van der Waals surface area contributed by atoms with Crippen LogP contribution in [0.15, 0.2) is 188 Å². The number of benzene rings is 7. The van der Waals surface area contributed by atoms with Crippen LogP contribution in [0.25, 0.3) is 50.0 Å². The normalized spacial score (nSPS) is 13.6. The monoisotopic (exact) mass is 754 g/mol. The van der Waals surface area contributed by atoms with Crippen molar-refractivity contribution in [2.45, 2.75) is 6.17 Å². The van der Waals surface area contributed by atoms with Crippen LogP contribution >= 0.6 is 0 Å². The molecule has 11 rings (SSSR count). The van der Waals surface area contributed by atoms with Gasteiger partial charge in [-0.05, 0) is 69.7 Å². The highest BCUT2D eigenvalue weighted by Crippen LogP contribution is 2.44. The maximum absolute atomic E-state index is 18.3. The van der Waals surface area contributed by atoms with Gasteiger partial charge in [0.2, 0.25) is 0 Å². The van der Waals surface area contributed by atoms with Crippen molar-refractivity contribution in [1.29, 1.82) is 0 Å². The average Bonchev–Trinajstić information content (AvgIpc) is 3.80. The molecule has 7 heteroatoms. The van der Waals surface area contributed by atoms with Crippen molar-refractivity contribution >= 4 is 61.7 Å². The fourth-order valence-corrected chi connectivity index (χ4v) is 14.4. The molecule has 5 nitrogen and oxygen atoms in total. The molecule has 0 saturated carbocycles. The van der Waals surface area contributed by atoms with Gasteiger partial charge in [0, 0.05) is 40.3 Å². The summed E-state index contributed by atoms with van der Waals surface area (Å²) in [6, 6.07) is 62.2. The van der Waals surface area contributed by atoms with Crippen LogP contribution in [0.1, 0.15) is 17.3 Å². The summed E-state index contributed by atoms with van der Waals surface area (Å²) in [5, 5.41) is 6.66. The van der Waals surface area contributed by atoms with E-state index >= 15 is 4.39 Å². The Balaban J connectivity index is 1.28. The first kappa shape index (κ1) is 33.3. The second kappa shape index (κ2) is 13.0. The maximum atomic E-state index is 18.3. The molecule has 10 aromatic rings. The number of ether oxygens (including phenoxy) is 1. The fraction of sp³-hybridized carbons (Fsp3) is 0.0400. The molecule has 3 aromatic heterocycles. The van der Waals surface area contributed by atoms with Gasteiger partial charge in [0.25, 0.3) is 0 Å². The molecule has 1 unspecified atom stereocenters. The molecule has 1 atom stereocenters. The van der Waals surface area contributed by atoms with Gasteiger partial charge < -0.3 is 9.30 Å². The van der Waals surface area contributed by atoms with Gasteiger partial charge >= 0.3 is 0 Å².